The summed E-state index contributed by atoms with van der Waals surface area (Å²) < 4.78 is 20.9. The molecule has 0 atom stereocenters. The first-order chi connectivity index (χ1) is 16.3. The average Bonchev–Trinajstić information content (AvgIpc) is 2.79. The summed E-state index contributed by atoms with van der Waals surface area (Å²) in [6, 6.07) is 1.92. The van der Waals surface area contributed by atoms with Gasteiger partial charge in [0.2, 0.25) is 0 Å². The molecule has 0 aromatic heterocycles. The number of carbonyl (C=O) groups is 4. The van der Waals surface area contributed by atoms with Gasteiger partial charge in [-0.3, -0.25) is 19.2 Å². The third-order valence-corrected chi connectivity index (χ3v) is 6.25. The van der Waals surface area contributed by atoms with Gasteiger partial charge in [-0.15, -0.1) is 0 Å². The van der Waals surface area contributed by atoms with Crippen LogP contribution in [-0.4, -0.2) is 50.3 Å². The fraction of sp³-hybridized carbons (Fsp3) is 0.630. The van der Waals surface area contributed by atoms with Crippen molar-refractivity contribution >= 4 is 23.9 Å². The van der Waals surface area contributed by atoms with Gasteiger partial charge in [0.1, 0.15) is 0 Å². The summed E-state index contributed by atoms with van der Waals surface area (Å²) in [5, 5.41) is 0. The highest BCUT2D eigenvalue weighted by Crippen LogP contribution is 2.35. The van der Waals surface area contributed by atoms with E-state index in [0.29, 0.717) is 0 Å². The molecular formula is C27H40O8. The average molecular weight is 493 g/mol. The van der Waals surface area contributed by atoms with E-state index in [1.807, 2.05) is 26.8 Å². The molecule has 0 heterocycles. The van der Waals surface area contributed by atoms with E-state index < -0.39 is 34.7 Å². The first-order valence-electron chi connectivity index (χ1n) is 12.1. The molecule has 0 saturated heterocycles. The van der Waals surface area contributed by atoms with Gasteiger partial charge in [-0.05, 0) is 103 Å². The molecule has 35 heavy (non-hydrogen) atoms. The van der Waals surface area contributed by atoms with Crippen LogP contribution in [0.4, 0.5) is 0 Å². The summed E-state index contributed by atoms with van der Waals surface area (Å²) in [5.74, 6) is -2.66. The van der Waals surface area contributed by atoms with Crippen molar-refractivity contribution in [2.45, 2.75) is 75.2 Å². The Bertz CT molecular complexity index is 839. The van der Waals surface area contributed by atoms with E-state index in [-0.39, 0.29) is 39.3 Å². The maximum Gasteiger partial charge on any atom is 0.323 e. The second-order valence-corrected chi connectivity index (χ2v) is 8.99. The van der Waals surface area contributed by atoms with E-state index in [0.717, 1.165) is 27.8 Å². The Morgan fingerprint density at radius 3 is 1.09 bits per heavy atom. The summed E-state index contributed by atoms with van der Waals surface area (Å²) in [5.41, 5.74) is 0.921. The minimum absolute atomic E-state index is 0.0468. The molecule has 0 N–H and O–H groups in total. The molecule has 0 radical (unpaired) electrons. The predicted molar refractivity (Wildman–Crippen MR) is 131 cm³/mol. The fourth-order valence-corrected chi connectivity index (χ4v) is 4.14. The van der Waals surface area contributed by atoms with Crippen LogP contribution in [0.5, 0.6) is 0 Å². The van der Waals surface area contributed by atoms with Crippen molar-refractivity contribution in [3.05, 3.63) is 33.9 Å². The third-order valence-electron chi connectivity index (χ3n) is 6.25. The highest BCUT2D eigenvalue weighted by Gasteiger charge is 2.47. The Hall–Kier alpha value is -2.90. The van der Waals surface area contributed by atoms with Crippen LogP contribution in [0.1, 0.15) is 69.4 Å². The quantitative estimate of drug-likeness (QED) is 0.245. The highest BCUT2D eigenvalue weighted by molar-refractivity contribution is 6.01. The van der Waals surface area contributed by atoms with Crippen molar-refractivity contribution in [2.75, 3.05) is 26.4 Å². The predicted octanol–water partition coefficient (Wildman–Crippen LogP) is 3.96. The molecule has 196 valence electrons. The molecular weight excluding hydrogens is 452 g/mol. The smallest absolute Gasteiger partial charge is 0.323 e. The van der Waals surface area contributed by atoms with Crippen LogP contribution in [-0.2, 0) is 51.0 Å². The molecule has 8 heteroatoms. The lowest BCUT2D eigenvalue weighted by atomic mass is 9.76. The maximum absolute atomic E-state index is 12.9. The lowest BCUT2D eigenvalue weighted by Gasteiger charge is -2.30. The number of benzene rings is 1. The van der Waals surface area contributed by atoms with Gasteiger partial charge in [-0.1, -0.05) is 6.07 Å². The first-order valence-corrected chi connectivity index (χ1v) is 12.1. The van der Waals surface area contributed by atoms with Crippen molar-refractivity contribution in [3.63, 3.8) is 0 Å². The lowest BCUT2D eigenvalue weighted by molar-refractivity contribution is -0.172. The molecule has 0 unspecified atom stereocenters. The zero-order chi connectivity index (χ0) is 27.0. The van der Waals surface area contributed by atoms with Crippen LogP contribution in [0.2, 0.25) is 0 Å². The van der Waals surface area contributed by atoms with E-state index in [1.54, 1.807) is 27.7 Å². The normalized spacial score (nSPS) is 11.6. The molecule has 0 aliphatic heterocycles. The van der Waals surface area contributed by atoms with Gasteiger partial charge in [-0.2, -0.15) is 0 Å². The van der Waals surface area contributed by atoms with Crippen molar-refractivity contribution in [2.24, 2.45) is 10.8 Å². The molecule has 0 spiro atoms. The van der Waals surface area contributed by atoms with Gasteiger partial charge in [-0.25, -0.2) is 0 Å². The van der Waals surface area contributed by atoms with Crippen LogP contribution in [0, 0.1) is 31.6 Å². The van der Waals surface area contributed by atoms with E-state index in [9.17, 15) is 19.2 Å². The van der Waals surface area contributed by atoms with Crippen LogP contribution < -0.4 is 0 Å². The molecule has 0 fully saturated rings. The Morgan fingerprint density at radius 1 is 0.600 bits per heavy atom. The summed E-state index contributed by atoms with van der Waals surface area (Å²) in [6.07, 6.45) is 0.0935. The van der Waals surface area contributed by atoms with Gasteiger partial charge >= 0.3 is 23.9 Å². The summed E-state index contributed by atoms with van der Waals surface area (Å²) in [4.78, 5) is 51.5. The zero-order valence-electron chi connectivity index (χ0n) is 22.6. The van der Waals surface area contributed by atoms with Crippen molar-refractivity contribution < 1.29 is 38.1 Å². The SMILES string of the molecule is CCOC(=O)C(C)(Cc1c(C)cc(C)c(CC(C)(C(=O)OCC)C(=O)OCC)c1C)C(=O)OCC. The van der Waals surface area contributed by atoms with E-state index in [1.165, 1.54) is 13.8 Å². The highest BCUT2D eigenvalue weighted by atomic mass is 16.6. The first kappa shape index (κ1) is 30.1. The van der Waals surface area contributed by atoms with Gasteiger partial charge in [0.15, 0.2) is 10.8 Å². The second-order valence-electron chi connectivity index (χ2n) is 8.99. The van der Waals surface area contributed by atoms with Crippen molar-refractivity contribution in [1.29, 1.82) is 0 Å². The summed E-state index contributed by atoms with van der Waals surface area (Å²) >= 11 is 0. The Morgan fingerprint density at radius 2 is 0.857 bits per heavy atom. The van der Waals surface area contributed by atoms with E-state index in [2.05, 4.69) is 0 Å². The molecule has 0 amide bonds. The van der Waals surface area contributed by atoms with Crippen LogP contribution >= 0.6 is 0 Å². The molecule has 0 bridgehead atoms. The third kappa shape index (κ3) is 6.61. The molecule has 1 aromatic carbocycles. The topological polar surface area (TPSA) is 105 Å². The van der Waals surface area contributed by atoms with Crippen molar-refractivity contribution in [3.8, 4) is 0 Å². The summed E-state index contributed by atoms with van der Waals surface area (Å²) in [7, 11) is 0. The molecule has 8 nitrogen and oxygen atoms in total. The molecule has 0 aliphatic rings. The Balaban J connectivity index is 3.65. The molecule has 0 saturated carbocycles. The number of hydrogen-bond donors (Lipinski definition) is 0. The summed E-state index contributed by atoms with van der Waals surface area (Å²) in [6.45, 7) is 15.9. The Kier molecular flexibility index (Phi) is 10.9. The fourth-order valence-electron chi connectivity index (χ4n) is 4.14. The van der Waals surface area contributed by atoms with Gasteiger partial charge in [0, 0.05) is 0 Å². The number of hydrogen-bond acceptors (Lipinski definition) is 8. The van der Waals surface area contributed by atoms with E-state index >= 15 is 0 Å². The monoisotopic (exact) mass is 492 g/mol. The molecule has 1 rings (SSSR count). The maximum atomic E-state index is 12.9. The molecule has 0 aliphatic carbocycles. The number of ether oxygens (including phenoxy) is 4. The zero-order valence-corrected chi connectivity index (χ0v) is 22.6. The van der Waals surface area contributed by atoms with Crippen molar-refractivity contribution in [1.82, 2.24) is 0 Å². The molecule has 1 aromatic rings. The lowest BCUT2D eigenvalue weighted by Crippen LogP contribution is -2.42. The Labute approximate surface area is 208 Å². The van der Waals surface area contributed by atoms with Crippen LogP contribution in [0.15, 0.2) is 6.07 Å². The largest absolute Gasteiger partial charge is 0.465 e. The minimum atomic E-state index is -1.56. The van der Waals surface area contributed by atoms with Crippen LogP contribution in [0.3, 0.4) is 0 Å². The van der Waals surface area contributed by atoms with Gasteiger partial charge in [0.25, 0.3) is 0 Å². The number of rotatable bonds is 12. The van der Waals surface area contributed by atoms with Crippen LogP contribution in [0.25, 0.3) is 0 Å². The van der Waals surface area contributed by atoms with E-state index in [4.69, 9.17) is 18.9 Å². The standard InChI is InChI=1S/C27H40O8/c1-10-32-22(28)26(8,23(29)33-11-2)15-20-17(5)14-18(6)21(19(20)7)16-27(9,24(30)34-12-3)25(31)35-13-4/h14H,10-13,15-16H2,1-9H3. The number of esters is 4. The van der Waals surface area contributed by atoms with Gasteiger partial charge < -0.3 is 18.9 Å². The second kappa shape index (κ2) is 12.7. The number of carbonyl (C=O) groups excluding carboxylic acids is 4. The van der Waals surface area contributed by atoms with Gasteiger partial charge in [0.05, 0.1) is 26.4 Å². The minimum Gasteiger partial charge on any atom is -0.465 e. The number of aryl methyl sites for hydroxylation is 2.